The smallest absolute Gasteiger partial charge is 0.239 e. The topological polar surface area (TPSA) is 82.5 Å². The molecule has 0 spiro atoms. The lowest BCUT2D eigenvalue weighted by Gasteiger charge is -2.25. The van der Waals surface area contributed by atoms with Crippen LogP contribution in [0, 0.1) is 0 Å². The Bertz CT molecular complexity index is 690. The van der Waals surface area contributed by atoms with Gasteiger partial charge in [-0.3, -0.25) is 19.4 Å². The number of rotatable bonds is 6. The van der Waals surface area contributed by atoms with E-state index in [-0.39, 0.29) is 17.4 Å². The molecule has 0 atom stereocenters. The van der Waals surface area contributed by atoms with Crippen molar-refractivity contribution in [2.24, 2.45) is 0 Å². The highest BCUT2D eigenvalue weighted by Gasteiger charge is 2.23. The lowest BCUT2D eigenvalue weighted by atomic mass is 10.1. The highest BCUT2D eigenvalue weighted by molar-refractivity contribution is 5.91. The third kappa shape index (κ3) is 6.82. The van der Waals surface area contributed by atoms with Crippen molar-refractivity contribution in [1.82, 2.24) is 24.9 Å². The van der Waals surface area contributed by atoms with Crippen LogP contribution < -0.4 is 10.6 Å². The number of amides is 2. The summed E-state index contributed by atoms with van der Waals surface area (Å²) in [7, 11) is 0. The summed E-state index contributed by atoms with van der Waals surface area (Å²) in [5.41, 5.74) is -0.210. The number of nitrogens with zero attached hydrogens (tertiary/aromatic N) is 4. The summed E-state index contributed by atoms with van der Waals surface area (Å²) in [6.45, 7) is 10.1. The predicted molar refractivity (Wildman–Crippen MR) is 114 cm³/mol. The molecular formula is C21H36N6O2. The monoisotopic (exact) mass is 404 g/mol. The van der Waals surface area contributed by atoms with Crippen molar-refractivity contribution in [1.29, 1.82) is 0 Å². The number of carbonyl (C=O) groups is 2. The van der Waals surface area contributed by atoms with E-state index in [2.05, 4.69) is 25.5 Å². The molecule has 29 heavy (non-hydrogen) atoms. The molecule has 1 aliphatic heterocycles. The maximum absolute atomic E-state index is 12.6. The normalized spacial score (nSPS) is 19.8. The molecule has 3 rings (SSSR count). The summed E-state index contributed by atoms with van der Waals surface area (Å²) in [5, 5.41) is 10.5. The lowest BCUT2D eigenvalue weighted by molar-refractivity contribution is -0.123. The first-order chi connectivity index (χ1) is 13.8. The van der Waals surface area contributed by atoms with E-state index in [9.17, 15) is 9.59 Å². The van der Waals surface area contributed by atoms with Crippen molar-refractivity contribution in [3.63, 3.8) is 0 Å². The number of hydrogen-bond acceptors (Lipinski definition) is 5. The minimum Gasteiger partial charge on any atom is -0.350 e. The number of hydrogen-bond donors (Lipinski definition) is 2. The van der Waals surface area contributed by atoms with Gasteiger partial charge in [-0.05, 0) is 53.1 Å². The SMILES string of the molecule is CC(C)(C)NC(=O)CN1CCCN(CC(=O)Nc2ccnn2C2CCCC2)CC1. The van der Waals surface area contributed by atoms with Crippen LogP contribution in [0.3, 0.4) is 0 Å². The van der Waals surface area contributed by atoms with E-state index in [0.717, 1.165) is 51.3 Å². The second-order valence-electron chi connectivity index (χ2n) is 9.35. The van der Waals surface area contributed by atoms with Crippen LogP contribution in [-0.4, -0.2) is 76.2 Å². The van der Waals surface area contributed by atoms with Gasteiger partial charge in [0, 0.05) is 24.7 Å². The van der Waals surface area contributed by atoms with Crippen molar-refractivity contribution in [3.05, 3.63) is 12.3 Å². The minimum atomic E-state index is -0.210. The first kappa shape index (κ1) is 21.8. The van der Waals surface area contributed by atoms with Gasteiger partial charge < -0.3 is 10.6 Å². The summed E-state index contributed by atoms with van der Waals surface area (Å²) < 4.78 is 1.98. The third-order valence-corrected chi connectivity index (χ3v) is 5.54. The number of aromatic nitrogens is 2. The van der Waals surface area contributed by atoms with Crippen LogP contribution in [-0.2, 0) is 9.59 Å². The molecule has 1 aromatic heterocycles. The molecule has 1 aliphatic carbocycles. The number of anilines is 1. The summed E-state index contributed by atoms with van der Waals surface area (Å²) in [6.07, 6.45) is 7.45. The zero-order chi connectivity index (χ0) is 20.9. The molecule has 1 saturated heterocycles. The zero-order valence-electron chi connectivity index (χ0n) is 18.1. The minimum absolute atomic E-state index is 0.00340. The molecule has 2 fully saturated rings. The maximum Gasteiger partial charge on any atom is 0.239 e. The van der Waals surface area contributed by atoms with Crippen LogP contribution in [0.4, 0.5) is 5.82 Å². The Balaban J connectivity index is 1.45. The average Bonchev–Trinajstić information content (AvgIpc) is 3.24. The van der Waals surface area contributed by atoms with Gasteiger partial charge in [-0.2, -0.15) is 5.10 Å². The van der Waals surface area contributed by atoms with Gasteiger partial charge in [-0.25, -0.2) is 4.68 Å². The Kier molecular flexibility index (Phi) is 7.29. The van der Waals surface area contributed by atoms with Crippen molar-refractivity contribution in [2.45, 2.75) is 64.5 Å². The van der Waals surface area contributed by atoms with Crippen LogP contribution >= 0.6 is 0 Å². The molecule has 1 saturated carbocycles. The summed E-state index contributed by atoms with van der Waals surface area (Å²) in [5.74, 6) is 0.866. The molecule has 2 heterocycles. The summed E-state index contributed by atoms with van der Waals surface area (Å²) in [4.78, 5) is 29.1. The van der Waals surface area contributed by atoms with Crippen LogP contribution in [0.15, 0.2) is 12.3 Å². The maximum atomic E-state index is 12.6. The average molecular weight is 405 g/mol. The van der Waals surface area contributed by atoms with Gasteiger partial charge in [0.05, 0.1) is 25.3 Å². The van der Waals surface area contributed by atoms with E-state index in [4.69, 9.17) is 0 Å². The summed E-state index contributed by atoms with van der Waals surface area (Å²) >= 11 is 0. The van der Waals surface area contributed by atoms with E-state index >= 15 is 0 Å². The molecule has 0 bridgehead atoms. The standard InChI is InChI=1S/C21H36N6O2/c1-21(2,3)24-20(29)16-26-12-6-11-25(13-14-26)15-19(28)23-18-9-10-22-27(18)17-7-4-5-8-17/h9-10,17H,4-8,11-16H2,1-3H3,(H,23,28)(H,24,29). The highest BCUT2D eigenvalue weighted by atomic mass is 16.2. The molecule has 8 nitrogen and oxygen atoms in total. The Morgan fingerprint density at radius 3 is 2.24 bits per heavy atom. The van der Waals surface area contributed by atoms with E-state index < -0.39 is 0 Å². The fourth-order valence-corrected chi connectivity index (χ4v) is 4.24. The van der Waals surface area contributed by atoms with Gasteiger partial charge in [-0.15, -0.1) is 0 Å². The molecule has 2 N–H and O–H groups in total. The molecule has 0 unspecified atom stereocenters. The Hall–Kier alpha value is -1.93. The van der Waals surface area contributed by atoms with Gasteiger partial charge in [0.1, 0.15) is 5.82 Å². The first-order valence-electron chi connectivity index (χ1n) is 10.9. The quantitative estimate of drug-likeness (QED) is 0.756. The fraction of sp³-hybridized carbons (Fsp3) is 0.762. The van der Waals surface area contributed by atoms with Crippen molar-refractivity contribution in [3.8, 4) is 0 Å². The van der Waals surface area contributed by atoms with Gasteiger partial charge in [-0.1, -0.05) is 12.8 Å². The second kappa shape index (κ2) is 9.71. The molecule has 2 aliphatic rings. The van der Waals surface area contributed by atoms with Crippen LogP contribution in [0.25, 0.3) is 0 Å². The van der Waals surface area contributed by atoms with Gasteiger partial charge in [0.25, 0.3) is 0 Å². The Morgan fingerprint density at radius 1 is 1.00 bits per heavy atom. The fourth-order valence-electron chi connectivity index (χ4n) is 4.24. The number of carbonyl (C=O) groups excluding carboxylic acids is 2. The van der Waals surface area contributed by atoms with Crippen molar-refractivity contribution < 1.29 is 9.59 Å². The Labute approximate surface area is 174 Å². The molecular weight excluding hydrogens is 368 g/mol. The van der Waals surface area contributed by atoms with Gasteiger partial charge >= 0.3 is 0 Å². The van der Waals surface area contributed by atoms with Crippen molar-refractivity contribution in [2.75, 3.05) is 44.6 Å². The molecule has 162 valence electrons. The third-order valence-electron chi connectivity index (χ3n) is 5.54. The number of nitrogens with one attached hydrogen (secondary N) is 2. The summed E-state index contributed by atoms with van der Waals surface area (Å²) in [6, 6.07) is 2.29. The first-order valence-corrected chi connectivity index (χ1v) is 10.9. The largest absolute Gasteiger partial charge is 0.350 e. The predicted octanol–water partition coefficient (Wildman–Crippen LogP) is 1.86. The second-order valence-corrected chi connectivity index (χ2v) is 9.35. The van der Waals surface area contributed by atoms with Crippen molar-refractivity contribution >= 4 is 17.6 Å². The Morgan fingerprint density at radius 2 is 1.62 bits per heavy atom. The lowest BCUT2D eigenvalue weighted by Crippen LogP contribution is -2.46. The van der Waals surface area contributed by atoms with Gasteiger partial charge in [0.15, 0.2) is 0 Å². The van der Waals surface area contributed by atoms with E-state index in [1.54, 1.807) is 6.20 Å². The van der Waals surface area contributed by atoms with E-state index in [1.807, 2.05) is 31.5 Å². The molecule has 1 aromatic rings. The highest BCUT2D eigenvalue weighted by Crippen LogP contribution is 2.31. The molecule has 0 radical (unpaired) electrons. The molecule has 0 aromatic carbocycles. The zero-order valence-corrected chi connectivity index (χ0v) is 18.1. The molecule has 8 heteroatoms. The van der Waals surface area contributed by atoms with Crippen LogP contribution in [0.5, 0.6) is 0 Å². The van der Waals surface area contributed by atoms with Gasteiger partial charge in [0.2, 0.25) is 11.8 Å². The molecule has 2 amide bonds. The van der Waals surface area contributed by atoms with Crippen LogP contribution in [0.2, 0.25) is 0 Å². The van der Waals surface area contributed by atoms with E-state index in [0.29, 0.717) is 19.1 Å². The van der Waals surface area contributed by atoms with Crippen LogP contribution in [0.1, 0.15) is 58.9 Å². The van der Waals surface area contributed by atoms with E-state index in [1.165, 1.54) is 12.8 Å².